The van der Waals surface area contributed by atoms with Crippen molar-refractivity contribution in [3.63, 3.8) is 0 Å². The van der Waals surface area contributed by atoms with Crippen LogP contribution in [0.3, 0.4) is 0 Å². The number of anilines is 1. The predicted octanol–water partition coefficient (Wildman–Crippen LogP) is 4.34. The summed E-state index contributed by atoms with van der Waals surface area (Å²) in [5.74, 6) is -1.13. The molecule has 0 radical (unpaired) electrons. The van der Waals surface area contributed by atoms with E-state index in [-0.39, 0.29) is 36.2 Å². The third-order valence-corrected chi connectivity index (χ3v) is 7.54. The van der Waals surface area contributed by atoms with Crippen molar-refractivity contribution < 1.29 is 33.4 Å². The number of methoxy groups -OCH3 is 1. The van der Waals surface area contributed by atoms with Gasteiger partial charge in [0.15, 0.2) is 0 Å². The summed E-state index contributed by atoms with van der Waals surface area (Å²) in [5, 5.41) is 15.5. The summed E-state index contributed by atoms with van der Waals surface area (Å²) >= 11 is 0. The number of benzene rings is 1. The number of rotatable bonds is 11. The van der Waals surface area contributed by atoms with Crippen molar-refractivity contribution in [2.24, 2.45) is 5.92 Å². The van der Waals surface area contributed by atoms with Crippen LogP contribution in [0.15, 0.2) is 53.5 Å². The van der Waals surface area contributed by atoms with E-state index in [1.54, 1.807) is 11.0 Å². The lowest BCUT2D eigenvalue weighted by Gasteiger charge is -2.17. The fourth-order valence-corrected chi connectivity index (χ4v) is 5.49. The van der Waals surface area contributed by atoms with E-state index in [2.05, 4.69) is 15.4 Å². The standard InChI is InChI=1S/C32H38FN5O7/c1-20(2)15-21-16-23(33)17-22-18-24(38(28(21)22)32(43)44)19-37-14-8-10-26(30(37)41)34-29(40)25(35-31(42)45-3)9-4-5-11-27(39)36-12-6-7-13-36/h5,8,10-11,14,16-18,20,25H,4,6-7,9,12-13,15,19H2,1-3H3,(H,34,40)(H,35,42)(H,43,44)/b11-5+. The van der Waals surface area contributed by atoms with Gasteiger partial charge < -0.3 is 29.9 Å². The Balaban J connectivity index is 1.54. The number of fused-ring (bicyclic) bond motifs is 1. The molecule has 240 valence electrons. The highest BCUT2D eigenvalue weighted by molar-refractivity contribution is 5.96. The van der Waals surface area contributed by atoms with Gasteiger partial charge in [-0.15, -0.1) is 0 Å². The molecule has 3 N–H and O–H groups in total. The van der Waals surface area contributed by atoms with Crippen molar-refractivity contribution in [2.45, 2.75) is 58.5 Å². The largest absolute Gasteiger partial charge is 0.464 e. The van der Waals surface area contributed by atoms with Crippen molar-refractivity contribution in [3.05, 3.63) is 76.1 Å². The van der Waals surface area contributed by atoms with Gasteiger partial charge in [-0.05, 0) is 80.0 Å². The minimum absolute atomic E-state index is 0.0940. The Bertz CT molecular complexity index is 1670. The molecule has 13 heteroatoms. The summed E-state index contributed by atoms with van der Waals surface area (Å²) < 4.78 is 21.3. The lowest BCUT2D eigenvalue weighted by Crippen LogP contribution is -2.44. The Kier molecular flexibility index (Phi) is 10.8. The van der Waals surface area contributed by atoms with Crippen molar-refractivity contribution in [1.82, 2.24) is 19.4 Å². The number of nitrogens with one attached hydrogen (secondary N) is 2. The van der Waals surface area contributed by atoms with Gasteiger partial charge in [0, 0.05) is 24.7 Å². The summed E-state index contributed by atoms with van der Waals surface area (Å²) in [7, 11) is 1.16. The number of allylic oxidation sites excluding steroid dienone is 1. The van der Waals surface area contributed by atoms with Crippen LogP contribution in [-0.4, -0.2) is 69.4 Å². The van der Waals surface area contributed by atoms with Gasteiger partial charge in [-0.3, -0.25) is 14.4 Å². The first-order valence-corrected chi connectivity index (χ1v) is 14.8. The molecule has 0 spiro atoms. The zero-order chi connectivity index (χ0) is 32.7. The molecule has 0 aliphatic carbocycles. The lowest BCUT2D eigenvalue weighted by molar-refractivity contribution is -0.125. The molecule has 3 heterocycles. The van der Waals surface area contributed by atoms with Crippen molar-refractivity contribution in [2.75, 3.05) is 25.5 Å². The molecule has 3 aromatic rings. The molecule has 1 aromatic carbocycles. The summed E-state index contributed by atoms with van der Waals surface area (Å²) in [6, 6.07) is 5.95. The number of likely N-dealkylation sites (tertiary alicyclic amines) is 1. The number of hydrogen-bond donors (Lipinski definition) is 3. The van der Waals surface area contributed by atoms with E-state index in [1.807, 2.05) is 13.8 Å². The van der Waals surface area contributed by atoms with Crippen LogP contribution in [0, 0.1) is 11.7 Å². The number of pyridine rings is 1. The smallest absolute Gasteiger partial charge is 0.416 e. The molecule has 1 aliphatic heterocycles. The zero-order valence-corrected chi connectivity index (χ0v) is 25.5. The number of ether oxygens (including phenoxy) is 1. The van der Waals surface area contributed by atoms with Crippen LogP contribution in [0.2, 0.25) is 0 Å². The highest BCUT2D eigenvalue weighted by Crippen LogP contribution is 2.27. The molecule has 0 saturated carbocycles. The molecule has 1 atom stereocenters. The van der Waals surface area contributed by atoms with E-state index < -0.39 is 35.5 Å². The Morgan fingerprint density at radius 1 is 1.13 bits per heavy atom. The van der Waals surface area contributed by atoms with Gasteiger partial charge in [0.25, 0.3) is 5.56 Å². The minimum Gasteiger partial charge on any atom is -0.464 e. The summed E-state index contributed by atoms with van der Waals surface area (Å²) in [4.78, 5) is 64.9. The third-order valence-electron chi connectivity index (χ3n) is 7.54. The SMILES string of the molecule is COC(=O)NC(CC/C=C/C(=O)N1CCCC1)C(=O)Nc1cccn(Cc2cc3cc(F)cc(CC(C)C)c3n2C(=O)O)c1=O. The van der Waals surface area contributed by atoms with E-state index >= 15 is 0 Å². The van der Waals surface area contributed by atoms with Crippen molar-refractivity contribution in [3.8, 4) is 0 Å². The first-order chi connectivity index (χ1) is 21.5. The molecule has 0 bridgehead atoms. The van der Waals surface area contributed by atoms with Crippen LogP contribution in [0.4, 0.5) is 19.7 Å². The lowest BCUT2D eigenvalue weighted by atomic mass is 10.0. The fraction of sp³-hybridized carbons (Fsp3) is 0.406. The molecular formula is C32H38FN5O7. The van der Waals surface area contributed by atoms with Crippen LogP contribution in [0.1, 0.15) is 50.8 Å². The number of alkyl carbamates (subject to hydrolysis) is 1. The summed E-state index contributed by atoms with van der Waals surface area (Å²) in [6.07, 6.45) is 5.22. The number of hydrogen-bond acceptors (Lipinski definition) is 6. The van der Waals surface area contributed by atoms with Gasteiger partial charge >= 0.3 is 12.2 Å². The zero-order valence-electron chi connectivity index (χ0n) is 25.5. The van der Waals surface area contributed by atoms with E-state index in [0.29, 0.717) is 42.4 Å². The van der Waals surface area contributed by atoms with Crippen LogP contribution >= 0.6 is 0 Å². The number of carbonyl (C=O) groups excluding carboxylic acids is 3. The number of aromatic nitrogens is 2. The molecule has 3 amide bonds. The number of nitrogens with zero attached hydrogens (tertiary/aromatic N) is 3. The van der Waals surface area contributed by atoms with E-state index in [9.17, 15) is 33.5 Å². The normalized spacial score (nSPS) is 13.8. The minimum atomic E-state index is -1.28. The second-order valence-electron chi connectivity index (χ2n) is 11.4. The quantitative estimate of drug-likeness (QED) is 0.269. The van der Waals surface area contributed by atoms with Crippen LogP contribution < -0.4 is 16.2 Å². The molecule has 12 nitrogen and oxygen atoms in total. The average Bonchev–Trinajstić information content (AvgIpc) is 3.64. The van der Waals surface area contributed by atoms with E-state index in [1.165, 1.54) is 47.2 Å². The number of carboxylic acid groups (broad SMARTS) is 1. The second kappa shape index (κ2) is 14.7. The first-order valence-electron chi connectivity index (χ1n) is 14.8. The van der Waals surface area contributed by atoms with Crippen LogP contribution in [-0.2, 0) is 27.3 Å². The van der Waals surface area contributed by atoms with Crippen LogP contribution in [0.5, 0.6) is 0 Å². The maximum Gasteiger partial charge on any atom is 0.416 e. The van der Waals surface area contributed by atoms with Gasteiger partial charge in [-0.2, -0.15) is 0 Å². The third kappa shape index (κ3) is 8.16. The molecule has 1 unspecified atom stereocenters. The highest BCUT2D eigenvalue weighted by atomic mass is 19.1. The van der Waals surface area contributed by atoms with Crippen molar-refractivity contribution in [1.29, 1.82) is 0 Å². The first kappa shape index (κ1) is 33.0. The molecule has 1 saturated heterocycles. The molecule has 4 rings (SSSR count). The van der Waals surface area contributed by atoms with Gasteiger partial charge in [0.05, 0.1) is 24.9 Å². The van der Waals surface area contributed by atoms with E-state index in [0.717, 1.165) is 24.5 Å². The number of carbonyl (C=O) groups is 4. The molecule has 1 fully saturated rings. The van der Waals surface area contributed by atoms with Gasteiger partial charge in [-0.1, -0.05) is 19.9 Å². The Labute approximate surface area is 259 Å². The highest BCUT2D eigenvalue weighted by Gasteiger charge is 2.23. The topological polar surface area (TPSA) is 152 Å². The monoisotopic (exact) mass is 623 g/mol. The van der Waals surface area contributed by atoms with Crippen LogP contribution in [0.25, 0.3) is 10.9 Å². The number of halogens is 1. The molecule has 45 heavy (non-hydrogen) atoms. The average molecular weight is 624 g/mol. The van der Waals surface area contributed by atoms with Crippen molar-refractivity contribution >= 4 is 40.6 Å². The maximum absolute atomic E-state index is 14.4. The molecule has 1 aliphatic rings. The summed E-state index contributed by atoms with van der Waals surface area (Å²) in [5.41, 5.74) is 0.427. The molecule has 2 aromatic heterocycles. The number of amides is 3. The van der Waals surface area contributed by atoms with Gasteiger partial charge in [-0.25, -0.2) is 18.5 Å². The maximum atomic E-state index is 14.4. The Hall–Kier alpha value is -4.94. The van der Waals surface area contributed by atoms with E-state index in [4.69, 9.17) is 0 Å². The Morgan fingerprint density at radius 3 is 2.53 bits per heavy atom. The second-order valence-corrected chi connectivity index (χ2v) is 11.4. The fourth-order valence-electron chi connectivity index (χ4n) is 5.49. The molecular weight excluding hydrogens is 585 g/mol. The predicted molar refractivity (Wildman–Crippen MR) is 166 cm³/mol. The Morgan fingerprint density at radius 2 is 1.87 bits per heavy atom. The van der Waals surface area contributed by atoms with Gasteiger partial charge in [0.1, 0.15) is 17.5 Å². The van der Waals surface area contributed by atoms with Gasteiger partial charge in [0.2, 0.25) is 11.8 Å². The summed E-state index contributed by atoms with van der Waals surface area (Å²) in [6.45, 7) is 5.14.